The number of ether oxygens (including phenoxy) is 3. The van der Waals surface area contributed by atoms with Gasteiger partial charge in [-0.25, -0.2) is 4.98 Å². The van der Waals surface area contributed by atoms with Crippen molar-refractivity contribution in [1.82, 2.24) is 4.98 Å². The third-order valence-corrected chi connectivity index (χ3v) is 4.78. The number of methoxy groups -OCH3 is 1. The van der Waals surface area contributed by atoms with E-state index in [1.807, 2.05) is 24.3 Å². The summed E-state index contributed by atoms with van der Waals surface area (Å²) in [6, 6.07) is 15.5. The Morgan fingerprint density at radius 3 is 2.61 bits per heavy atom. The highest BCUT2D eigenvalue weighted by atomic mass is 16.7. The molecule has 31 heavy (non-hydrogen) atoms. The minimum Gasteiger partial charge on any atom is -0.497 e. The van der Waals surface area contributed by atoms with Crippen LogP contribution in [0, 0.1) is 10.1 Å². The van der Waals surface area contributed by atoms with Gasteiger partial charge in [0.25, 0.3) is 5.69 Å². The first-order valence-corrected chi connectivity index (χ1v) is 9.28. The maximum atomic E-state index is 11.4. The van der Waals surface area contributed by atoms with Gasteiger partial charge in [-0.05, 0) is 48.5 Å². The van der Waals surface area contributed by atoms with Gasteiger partial charge in [0, 0.05) is 11.8 Å². The molecule has 0 saturated carbocycles. The van der Waals surface area contributed by atoms with Crippen molar-refractivity contribution in [3.8, 4) is 28.7 Å². The number of oxazole rings is 1. The Hall–Kier alpha value is -4.40. The van der Waals surface area contributed by atoms with E-state index in [4.69, 9.17) is 18.6 Å². The van der Waals surface area contributed by atoms with Crippen LogP contribution in [0.2, 0.25) is 0 Å². The molecule has 0 amide bonds. The Morgan fingerprint density at radius 2 is 1.87 bits per heavy atom. The molecule has 9 nitrogen and oxygen atoms in total. The molecular formula is C22H15N3O6. The maximum Gasteiger partial charge on any atom is 0.282 e. The number of hydrogen-bond acceptors (Lipinski definition) is 8. The molecule has 9 heteroatoms. The van der Waals surface area contributed by atoms with Crippen LogP contribution < -0.4 is 14.2 Å². The summed E-state index contributed by atoms with van der Waals surface area (Å²) in [7, 11) is 1.61. The van der Waals surface area contributed by atoms with Gasteiger partial charge in [0.2, 0.25) is 12.7 Å². The van der Waals surface area contributed by atoms with E-state index in [1.54, 1.807) is 31.4 Å². The topological polar surface area (TPSA) is 109 Å². The predicted octanol–water partition coefficient (Wildman–Crippen LogP) is 4.89. The Labute approximate surface area is 175 Å². The molecule has 0 aliphatic carbocycles. The first-order valence-electron chi connectivity index (χ1n) is 9.28. The van der Waals surface area contributed by atoms with Crippen LogP contribution in [0.15, 0.2) is 64.0 Å². The Balaban J connectivity index is 1.46. The Morgan fingerprint density at radius 1 is 1.10 bits per heavy atom. The lowest BCUT2D eigenvalue weighted by Crippen LogP contribution is -1.94. The standard InChI is InChI=1S/C22H15N3O6/c1-28-16-5-2-13(3-6-16)22-24-17-9-15(4-7-19(17)31-22)23-11-14-8-20-21(30-12-29-20)10-18(14)25(26)27/h2-11H,12H2,1H3. The smallest absolute Gasteiger partial charge is 0.282 e. The van der Waals surface area contributed by atoms with Crippen molar-refractivity contribution in [2.24, 2.45) is 4.99 Å². The van der Waals surface area contributed by atoms with Crippen molar-refractivity contribution in [1.29, 1.82) is 0 Å². The number of nitrogens with zero attached hydrogens (tertiary/aromatic N) is 3. The largest absolute Gasteiger partial charge is 0.497 e. The summed E-state index contributed by atoms with van der Waals surface area (Å²) in [5.41, 5.74) is 2.83. The minimum absolute atomic E-state index is 0.0342. The number of rotatable bonds is 5. The zero-order valence-electron chi connectivity index (χ0n) is 16.3. The molecule has 0 radical (unpaired) electrons. The van der Waals surface area contributed by atoms with Gasteiger partial charge in [0.15, 0.2) is 17.1 Å². The van der Waals surface area contributed by atoms with Crippen molar-refractivity contribution < 1.29 is 23.6 Å². The van der Waals surface area contributed by atoms with Crippen molar-refractivity contribution in [3.63, 3.8) is 0 Å². The second-order valence-corrected chi connectivity index (χ2v) is 6.68. The van der Waals surface area contributed by atoms with E-state index in [2.05, 4.69) is 9.98 Å². The van der Waals surface area contributed by atoms with Crippen LogP contribution in [0.4, 0.5) is 11.4 Å². The number of aliphatic imine (C=N–C) groups is 1. The third kappa shape index (κ3) is 3.52. The molecular weight excluding hydrogens is 402 g/mol. The van der Waals surface area contributed by atoms with E-state index < -0.39 is 4.92 Å². The fourth-order valence-corrected chi connectivity index (χ4v) is 3.21. The van der Waals surface area contributed by atoms with Crippen molar-refractivity contribution in [2.75, 3.05) is 13.9 Å². The average molecular weight is 417 g/mol. The van der Waals surface area contributed by atoms with Crippen LogP contribution in [-0.2, 0) is 0 Å². The zero-order chi connectivity index (χ0) is 21.4. The molecule has 3 aromatic carbocycles. The van der Waals surface area contributed by atoms with Crippen LogP contribution >= 0.6 is 0 Å². The molecule has 1 aliphatic rings. The van der Waals surface area contributed by atoms with Gasteiger partial charge in [0.05, 0.1) is 29.4 Å². The number of aromatic nitrogens is 1. The first kappa shape index (κ1) is 18.6. The van der Waals surface area contributed by atoms with Crippen molar-refractivity contribution in [2.45, 2.75) is 0 Å². The lowest BCUT2D eigenvalue weighted by atomic mass is 10.1. The Kier molecular flexibility index (Phi) is 4.47. The summed E-state index contributed by atoms with van der Waals surface area (Å²) in [4.78, 5) is 19.8. The van der Waals surface area contributed by atoms with Crippen molar-refractivity contribution in [3.05, 3.63) is 70.3 Å². The van der Waals surface area contributed by atoms with Crippen LogP contribution in [0.25, 0.3) is 22.6 Å². The molecule has 5 rings (SSSR count). The van der Waals surface area contributed by atoms with Gasteiger partial charge in [-0.15, -0.1) is 0 Å². The zero-order valence-corrected chi connectivity index (χ0v) is 16.3. The van der Waals surface area contributed by atoms with Gasteiger partial charge in [-0.1, -0.05) is 0 Å². The van der Waals surface area contributed by atoms with Gasteiger partial charge >= 0.3 is 0 Å². The lowest BCUT2D eigenvalue weighted by molar-refractivity contribution is -0.385. The van der Waals surface area contributed by atoms with E-state index in [0.717, 1.165) is 11.3 Å². The van der Waals surface area contributed by atoms with Crippen LogP contribution in [0.5, 0.6) is 17.2 Å². The van der Waals surface area contributed by atoms with Gasteiger partial charge in [-0.3, -0.25) is 15.1 Å². The lowest BCUT2D eigenvalue weighted by Gasteiger charge is -2.00. The molecule has 4 aromatic rings. The first-order chi connectivity index (χ1) is 15.1. The van der Waals surface area contributed by atoms with Gasteiger partial charge < -0.3 is 18.6 Å². The van der Waals surface area contributed by atoms with Crippen LogP contribution in [0.3, 0.4) is 0 Å². The van der Waals surface area contributed by atoms with E-state index in [-0.39, 0.29) is 12.5 Å². The fraction of sp³-hybridized carbons (Fsp3) is 0.0909. The highest BCUT2D eigenvalue weighted by Crippen LogP contribution is 2.37. The van der Waals surface area contributed by atoms with Gasteiger partial charge in [0.1, 0.15) is 11.3 Å². The number of nitro groups is 1. The maximum absolute atomic E-state index is 11.4. The fourth-order valence-electron chi connectivity index (χ4n) is 3.21. The number of benzene rings is 3. The van der Waals surface area contributed by atoms with Crippen LogP contribution in [0.1, 0.15) is 5.56 Å². The molecule has 0 spiro atoms. The molecule has 2 heterocycles. The monoisotopic (exact) mass is 417 g/mol. The quantitative estimate of drug-likeness (QED) is 0.258. The Bertz CT molecular complexity index is 1330. The second-order valence-electron chi connectivity index (χ2n) is 6.68. The highest BCUT2D eigenvalue weighted by Gasteiger charge is 2.22. The summed E-state index contributed by atoms with van der Waals surface area (Å²) in [5.74, 6) is 2.02. The second kappa shape index (κ2) is 7.45. The molecule has 0 saturated heterocycles. The molecule has 0 bridgehead atoms. The third-order valence-electron chi connectivity index (χ3n) is 4.78. The molecule has 1 aromatic heterocycles. The predicted molar refractivity (Wildman–Crippen MR) is 112 cm³/mol. The SMILES string of the molecule is COc1ccc(-c2nc3cc(N=Cc4cc5c(cc4[N+](=O)[O-])OCO5)ccc3o2)cc1. The molecule has 0 unspecified atom stereocenters. The number of hydrogen-bond donors (Lipinski definition) is 0. The van der Waals surface area contributed by atoms with E-state index in [1.165, 1.54) is 12.3 Å². The summed E-state index contributed by atoms with van der Waals surface area (Å²) < 4.78 is 21.5. The van der Waals surface area contributed by atoms with E-state index >= 15 is 0 Å². The average Bonchev–Trinajstić information content (AvgIpc) is 3.43. The highest BCUT2D eigenvalue weighted by molar-refractivity contribution is 5.89. The number of nitro benzene ring substituents is 1. The number of fused-ring (bicyclic) bond motifs is 2. The molecule has 0 atom stereocenters. The summed E-state index contributed by atoms with van der Waals surface area (Å²) in [6.07, 6.45) is 1.42. The summed E-state index contributed by atoms with van der Waals surface area (Å²) in [6.45, 7) is 0.0342. The van der Waals surface area contributed by atoms with E-state index in [0.29, 0.717) is 39.7 Å². The summed E-state index contributed by atoms with van der Waals surface area (Å²) >= 11 is 0. The normalized spacial score (nSPS) is 12.5. The molecule has 0 fully saturated rings. The van der Waals surface area contributed by atoms with Crippen molar-refractivity contribution >= 4 is 28.7 Å². The van der Waals surface area contributed by atoms with Gasteiger partial charge in [-0.2, -0.15) is 0 Å². The molecule has 0 N–H and O–H groups in total. The minimum atomic E-state index is -0.481. The summed E-state index contributed by atoms with van der Waals surface area (Å²) in [5, 5.41) is 11.4. The molecule has 1 aliphatic heterocycles. The molecule has 154 valence electrons. The van der Waals surface area contributed by atoms with Crippen LogP contribution in [-0.4, -0.2) is 30.0 Å². The van der Waals surface area contributed by atoms with E-state index in [9.17, 15) is 10.1 Å².